The molecule has 2 bridgehead atoms. The average molecular weight is 613 g/mol. The monoisotopic (exact) mass is 612 g/mol. The number of methoxy groups -OCH3 is 1. The molecule has 2 N–H and O–H groups in total. The zero-order chi connectivity index (χ0) is 31.6. The van der Waals surface area contributed by atoms with Gasteiger partial charge < -0.3 is 24.3 Å². The molecule has 7 nitrogen and oxygen atoms in total. The molecule has 0 spiro atoms. The number of furan rings is 1. The van der Waals surface area contributed by atoms with Gasteiger partial charge in [0.1, 0.15) is 5.75 Å². The second kappa shape index (κ2) is 13.1. The van der Waals surface area contributed by atoms with Crippen LogP contribution in [0.2, 0.25) is 0 Å². The second-order valence-electron chi connectivity index (χ2n) is 13.7. The van der Waals surface area contributed by atoms with E-state index in [9.17, 15) is 15.0 Å². The van der Waals surface area contributed by atoms with Crippen LogP contribution in [0.3, 0.4) is 0 Å². The fourth-order valence-corrected chi connectivity index (χ4v) is 8.14. The van der Waals surface area contributed by atoms with Crippen LogP contribution >= 0.6 is 0 Å². The van der Waals surface area contributed by atoms with Gasteiger partial charge in [-0.25, -0.2) is 0 Å². The van der Waals surface area contributed by atoms with Crippen LogP contribution in [0.25, 0.3) is 0 Å². The number of nitrogens with zero attached hydrogens (tertiary/aromatic N) is 2. The average Bonchev–Trinajstić information content (AvgIpc) is 3.67. The normalized spacial score (nSPS) is 27.9. The molecule has 45 heavy (non-hydrogen) atoms. The first-order valence-corrected chi connectivity index (χ1v) is 16.6. The molecule has 4 atom stereocenters. The van der Waals surface area contributed by atoms with Crippen molar-refractivity contribution in [2.24, 2.45) is 5.41 Å². The SMILES string of the molecule is COc1ccccc1N1CCN(CC2(O)CCC3c4ccc(cc4C(=O)c4ccco4)CC(O)CCC(C)=CCCC32C)CC1. The lowest BCUT2D eigenvalue weighted by Gasteiger charge is -2.47. The minimum absolute atomic E-state index is 0.00176. The number of ketones is 1. The van der Waals surface area contributed by atoms with Crippen molar-refractivity contribution >= 4 is 11.5 Å². The van der Waals surface area contributed by atoms with E-state index in [0.717, 1.165) is 74.4 Å². The highest BCUT2D eigenvalue weighted by Crippen LogP contribution is 2.59. The fourth-order valence-electron chi connectivity index (χ4n) is 8.14. The Morgan fingerprint density at radius 1 is 1.04 bits per heavy atom. The van der Waals surface area contributed by atoms with Gasteiger partial charge in [0.05, 0.1) is 30.8 Å². The summed E-state index contributed by atoms with van der Waals surface area (Å²) in [5, 5.41) is 23.5. The molecule has 1 saturated heterocycles. The van der Waals surface area contributed by atoms with Gasteiger partial charge in [-0.1, -0.05) is 42.8 Å². The minimum Gasteiger partial charge on any atom is -0.495 e. The molecule has 1 aliphatic heterocycles. The molecule has 7 rings (SSSR count). The minimum atomic E-state index is -0.914. The summed E-state index contributed by atoms with van der Waals surface area (Å²) < 4.78 is 11.2. The van der Waals surface area contributed by atoms with Crippen LogP contribution < -0.4 is 9.64 Å². The molecular formula is C38H48N2O5. The van der Waals surface area contributed by atoms with Crippen molar-refractivity contribution in [2.45, 2.75) is 76.4 Å². The molecule has 2 aromatic carbocycles. The van der Waals surface area contributed by atoms with Crippen LogP contribution in [0.1, 0.15) is 85.5 Å². The maximum atomic E-state index is 13.9. The van der Waals surface area contributed by atoms with Crippen LogP contribution in [0.4, 0.5) is 5.69 Å². The van der Waals surface area contributed by atoms with Crippen molar-refractivity contribution in [3.05, 3.63) is 95.0 Å². The fraction of sp³-hybridized carbons (Fsp3) is 0.500. The summed E-state index contributed by atoms with van der Waals surface area (Å²) in [7, 11) is 1.72. The summed E-state index contributed by atoms with van der Waals surface area (Å²) in [6, 6.07) is 17.8. The third-order valence-corrected chi connectivity index (χ3v) is 10.9. The van der Waals surface area contributed by atoms with Crippen molar-refractivity contribution in [1.82, 2.24) is 4.90 Å². The highest BCUT2D eigenvalue weighted by molar-refractivity contribution is 6.08. The molecule has 7 heteroatoms. The summed E-state index contributed by atoms with van der Waals surface area (Å²) in [4.78, 5) is 18.7. The van der Waals surface area contributed by atoms with Crippen LogP contribution in [0.5, 0.6) is 5.75 Å². The van der Waals surface area contributed by atoms with E-state index in [4.69, 9.17) is 9.15 Å². The molecule has 1 aromatic heterocycles. The molecule has 3 aromatic rings. The second-order valence-corrected chi connectivity index (χ2v) is 13.7. The topological polar surface area (TPSA) is 86.4 Å². The number of anilines is 1. The maximum absolute atomic E-state index is 13.9. The lowest BCUT2D eigenvalue weighted by molar-refractivity contribution is -0.0841. The van der Waals surface area contributed by atoms with Gasteiger partial charge in [-0.2, -0.15) is 0 Å². The number of β-amino-alcohol motifs (C(OH)–C–C–N with tert-alkyl or cyclic N) is 1. The number of hydrogen-bond acceptors (Lipinski definition) is 7. The number of fused-ring (bicyclic) bond motifs is 8. The Balaban J connectivity index is 1.31. The number of allylic oxidation sites excluding steroid dienone is 2. The van der Waals surface area contributed by atoms with Gasteiger partial charge in [0.15, 0.2) is 5.76 Å². The molecule has 0 amide bonds. The van der Waals surface area contributed by atoms with Crippen molar-refractivity contribution in [3.8, 4) is 5.75 Å². The Morgan fingerprint density at radius 3 is 2.60 bits per heavy atom. The summed E-state index contributed by atoms with van der Waals surface area (Å²) in [5.74, 6) is 1.07. The van der Waals surface area contributed by atoms with E-state index in [2.05, 4.69) is 54.0 Å². The van der Waals surface area contributed by atoms with Gasteiger partial charge in [-0.3, -0.25) is 9.69 Å². The molecule has 1 saturated carbocycles. The van der Waals surface area contributed by atoms with Crippen LogP contribution in [-0.2, 0) is 6.42 Å². The number of para-hydroxylation sites is 2. The molecule has 0 radical (unpaired) electrons. The first-order valence-electron chi connectivity index (χ1n) is 16.6. The number of benzene rings is 2. The van der Waals surface area contributed by atoms with E-state index in [0.29, 0.717) is 37.1 Å². The van der Waals surface area contributed by atoms with Crippen LogP contribution in [0, 0.1) is 5.41 Å². The third-order valence-electron chi connectivity index (χ3n) is 10.9. The van der Waals surface area contributed by atoms with E-state index >= 15 is 0 Å². The standard InChI is InChI=1S/C38H48N2O5/c1-27-8-6-17-37(2)32(30-15-13-28(24-29(41)14-12-27)25-31(30)36(42)35-11-7-23-45-35)16-18-38(37,43)26-39-19-21-40(22-20-39)33-9-4-5-10-34(33)44-3/h4-5,7-11,13,15,23,25,29,32,41,43H,6,12,14,16-22,24,26H2,1-3H3. The lowest BCUT2D eigenvalue weighted by atomic mass is 9.64. The summed E-state index contributed by atoms with van der Waals surface area (Å²) in [5.41, 5.74) is 3.58. The van der Waals surface area contributed by atoms with E-state index < -0.39 is 17.1 Å². The molecule has 2 heterocycles. The Labute approximate surface area is 267 Å². The summed E-state index contributed by atoms with van der Waals surface area (Å²) in [6.07, 6.45) is 8.50. The van der Waals surface area contributed by atoms with Gasteiger partial charge in [-0.05, 0) is 99.2 Å². The van der Waals surface area contributed by atoms with Crippen LogP contribution in [0.15, 0.2) is 76.9 Å². The third kappa shape index (κ3) is 6.35. The molecule has 3 aliphatic carbocycles. The van der Waals surface area contributed by atoms with E-state index in [1.54, 1.807) is 19.2 Å². The molecule has 240 valence electrons. The zero-order valence-electron chi connectivity index (χ0n) is 27.0. The Hall–Kier alpha value is -3.39. The van der Waals surface area contributed by atoms with Gasteiger partial charge in [0.25, 0.3) is 0 Å². The summed E-state index contributed by atoms with van der Waals surface area (Å²) in [6.45, 7) is 8.46. The molecular weight excluding hydrogens is 564 g/mol. The Morgan fingerprint density at radius 2 is 1.84 bits per heavy atom. The Kier molecular flexibility index (Phi) is 9.23. The number of aliphatic hydroxyl groups excluding tert-OH is 1. The van der Waals surface area contributed by atoms with Gasteiger partial charge in [0, 0.05) is 43.7 Å². The predicted octanol–water partition coefficient (Wildman–Crippen LogP) is 6.38. The highest BCUT2D eigenvalue weighted by atomic mass is 16.5. The number of hydrogen-bond donors (Lipinski definition) is 2. The largest absolute Gasteiger partial charge is 0.495 e. The predicted molar refractivity (Wildman–Crippen MR) is 177 cm³/mol. The van der Waals surface area contributed by atoms with Crippen molar-refractivity contribution in [2.75, 3.05) is 44.7 Å². The first-order chi connectivity index (χ1) is 21.7. The highest BCUT2D eigenvalue weighted by Gasteiger charge is 2.57. The maximum Gasteiger partial charge on any atom is 0.228 e. The number of carbonyl (C=O) groups is 1. The quantitative estimate of drug-likeness (QED) is 0.247. The summed E-state index contributed by atoms with van der Waals surface area (Å²) >= 11 is 0. The smallest absolute Gasteiger partial charge is 0.228 e. The van der Waals surface area contributed by atoms with E-state index in [-0.39, 0.29) is 11.7 Å². The van der Waals surface area contributed by atoms with Crippen molar-refractivity contribution in [1.29, 1.82) is 0 Å². The van der Waals surface area contributed by atoms with Gasteiger partial charge in [-0.15, -0.1) is 0 Å². The first kappa shape index (κ1) is 31.6. The molecule has 4 unspecified atom stereocenters. The molecule has 2 fully saturated rings. The lowest BCUT2D eigenvalue weighted by Crippen LogP contribution is -2.56. The molecule has 4 aliphatic rings. The van der Waals surface area contributed by atoms with E-state index in [1.807, 2.05) is 18.2 Å². The number of piperazine rings is 1. The van der Waals surface area contributed by atoms with E-state index in [1.165, 1.54) is 11.8 Å². The van der Waals surface area contributed by atoms with Crippen molar-refractivity contribution in [3.63, 3.8) is 0 Å². The number of aliphatic hydroxyl groups is 2. The Bertz CT molecular complexity index is 1510. The number of rotatable bonds is 6. The van der Waals surface area contributed by atoms with Crippen LogP contribution in [-0.4, -0.2) is 72.4 Å². The number of carbonyl (C=O) groups excluding carboxylic acids is 1. The van der Waals surface area contributed by atoms with Gasteiger partial charge in [0.2, 0.25) is 5.78 Å². The zero-order valence-corrected chi connectivity index (χ0v) is 27.0. The van der Waals surface area contributed by atoms with Gasteiger partial charge >= 0.3 is 0 Å². The number of ether oxygens (including phenoxy) is 1. The van der Waals surface area contributed by atoms with Crippen molar-refractivity contribution < 1.29 is 24.2 Å².